The van der Waals surface area contributed by atoms with Crippen molar-refractivity contribution in [2.75, 3.05) is 27.8 Å². The number of likely N-dealkylation sites (N-methyl/N-ethyl adjacent to an activating group) is 1. The van der Waals surface area contributed by atoms with Gasteiger partial charge in [-0.15, -0.1) is 24.8 Å². The van der Waals surface area contributed by atoms with Gasteiger partial charge in [-0.05, 0) is 62.2 Å². The summed E-state index contributed by atoms with van der Waals surface area (Å²) in [5.41, 5.74) is 2.30. The van der Waals surface area contributed by atoms with E-state index >= 15 is 0 Å². The molecule has 1 aliphatic carbocycles. The summed E-state index contributed by atoms with van der Waals surface area (Å²) >= 11 is 6.59. The molecule has 0 amide bonds. The van der Waals surface area contributed by atoms with E-state index in [4.69, 9.17) is 21.1 Å². The summed E-state index contributed by atoms with van der Waals surface area (Å²) in [4.78, 5) is 0. The van der Waals surface area contributed by atoms with Gasteiger partial charge in [0.2, 0.25) is 0 Å². The van der Waals surface area contributed by atoms with Crippen LogP contribution in [0.2, 0.25) is 5.02 Å². The second kappa shape index (κ2) is 12.6. The van der Waals surface area contributed by atoms with Crippen molar-refractivity contribution in [1.29, 1.82) is 0 Å². The van der Waals surface area contributed by atoms with Gasteiger partial charge in [-0.2, -0.15) is 0 Å². The first-order chi connectivity index (χ1) is 13.6. The molecule has 2 aromatic rings. The van der Waals surface area contributed by atoms with E-state index in [0.717, 1.165) is 42.3 Å². The molecule has 0 heterocycles. The van der Waals surface area contributed by atoms with Crippen LogP contribution < -0.4 is 20.1 Å². The molecule has 2 atom stereocenters. The second-order valence-electron chi connectivity index (χ2n) is 7.39. The van der Waals surface area contributed by atoms with Gasteiger partial charge in [0.25, 0.3) is 0 Å². The molecule has 0 saturated heterocycles. The van der Waals surface area contributed by atoms with Crippen molar-refractivity contribution in [2.24, 2.45) is 0 Å². The van der Waals surface area contributed by atoms with E-state index < -0.39 is 0 Å². The molecule has 30 heavy (non-hydrogen) atoms. The van der Waals surface area contributed by atoms with Crippen molar-refractivity contribution in [3.8, 4) is 11.5 Å². The summed E-state index contributed by atoms with van der Waals surface area (Å²) in [5.74, 6) is 1.54. The van der Waals surface area contributed by atoms with E-state index in [2.05, 4.69) is 41.9 Å². The maximum atomic E-state index is 6.59. The number of ether oxygens (including phenoxy) is 2. The van der Waals surface area contributed by atoms with Crippen molar-refractivity contribution in [1.82, 2.24) is 10.6 Å². The molecule has 1 fully saturated rings. The fourth-order valence-electron chi connectivity index (χ4n) is 4.46. The van der Waals surface area contributed by atoms with Gasteiger partial charge in [-0.25, -0.2) is 0 Å². The van der Waals surface area contributed by atoms with Crippen LogP contribution >= 0.6 is 36.4 Å². The zero-order chi connectivity index (χ0) is 20.0. The molecule has 0 radical (unpaired) electrons. The minimum Gasteiger partial charge on any atom is -0.493 e. The van der Waals surface area contributed by atoms with Crippen LogP contribution in [0, 0.1) is 0 Å². The molecule has 0 bridgehead atoms. The van der Waals surface area contributed by atoms with Crippen LogP contribution in [0.4, 0.5) is 0 Å². The minimum atomic E-state index is -0.131. The standard InChI is InChI=1S/C23H31ClN2O2.2ClH/c1-25-23(18-8-4-5-9-19(18)24)14-7-6-10-22(23)26-15-13-17-11-12-20(27-2)21(16-17)28-3;;/h4-5,8-9,11-12,16,22,25-26H,6-7,10,13-15H2,1-3H3;2*1H/t22-,23+;;/m1../s1. The van der Waals surface area contributed by atoms with Gasteiger partial charge in [-0.1, -0.05) is 48.7 Å². The molecule has 0 spiro atoms. The van der Waals surface area contributed by atoms with Crippen LogP contribution in [0.25, 0.3) is 0 Å². The zero-order valence-electron chi connectivity index (χ0n) is 17.9. The molecule has 0 aliphatic heterocycles. The average Bonchev–Trinajstić information content (AvgIpc) is 2.74. The lowest BCUT2D eigenvalue weighted by Gasteiger charge is -2.45. The molecular weight excluding hydrogens is 443 g/mol. The molecule has 2 aromatic carbocycles. The lowest BCUT2D eigenvalue weighted by Crippen LogP contribution is -2.58. The summed E-state index contributed by atoms with van der Waals surface area (Å²) in [6.45, 7) is 0.897. The Bertz CT molecular complexity index is 791. The van der Waals surface area contributed by atoms with Gasteiger partial charge in [0, 0.05) is 11.1 Å². The molecule has 3 rings (SSSR count). The normalized spacial score (nSPS) is 20.6. The highest BCUT2D eigenvalue weighted by atomic mass is 35.5. The van der Waals surface area contributed by atoms with Gasteiger partial charge in [-0.3, -0.25) is 0 Å². The first-order valence-corrected chi connectivity index (χ1v) is 10.4. The van der Waals surface area contributed by atoms with Gasteiger partial charge in [0.15, 0.2) is 11.5 Å². The van der Waals surface area contributed by atoms with Crippen molar-refractivity contribution >= 4 is 36.4 Å². The summed E-state index contributed by atoms with van der Waals surface area (Å²) in [6, 6.07) is 14.7. The first-order valence-electron chi connectivity index (χ1n) is 10.0. The summed E-state index contributed by atoms with van der Waals surface area (Å²) < 4.78 is 10.8. The maximum Gasteiger partial charge on any atom is 0.160 e. The first kappa shape index (κ1) is 26.9. The Kier molecular flexibility index (Phi) is 11.3. The molecule has 1 aliphatic rings. The number of methoxy groups -OCH3 is 2. The maximum absolute atomic E-state index is 6.59. The van der Waals surface area contributed by atoms with Crippen molar-refractivity contribution in [3.63, 3.8) is 0 Å². The topological polar surface area (TPSA) is 42.5 Å². The van der Waals surface area contributed by atoms with Crippen LogP contribution in [0.3, 0.4) is 0 Å². The number of hydrogen-bond donors (Lipinski definition) is 2. The quantitative estimate of drug-likeness (QED) is 0.537. The van der Waals surface area contributed by atoms with Gasteiger partial charge in [0.1, 0.15) is 0 Å². The van der Waals surface area contributed by atoms with Gasteiger partial charge >= 0.3 is 0 Å². The second-order valence-corrected chi connectivity index (χ2v) is 7.80. The van der Waals surface area contributed by atoms with Gasteiger partial charge in [0.05, 0.1) is 19.8 Å². The number of rotatable bonds is 8. The molecule has 1 saturated carbocycles. The van der Waals surface area contributed by atoms with Crippen LogP contribution in [0.1, 0.15) is 36.8 Å². The Morgan fingerprint density at radius 1 is 1.03 bits per heavy atom. The minimum absolute atomic E-state index is 0. The molecule has 4 nitrogen and oxygen atoms in total. The van der Waals surface area contributed by atoms with Crippen LogP contribution in [0.5, 0.6) is 11.5 Å². The largest absolute Gasteiger partial charge is 0.493 e. The molecular formula is C23H33Cl3N2O2. The lowest BCUT2D eigenvalue weighted by atomic mass is 9.72. The Labute approximate surface area is 197 Å². The van der Waals surface area contributed by atoms with Crippen molar-refractivity contribution in [2.45, 2.75) is 43.7 Å². The van der Waals surface area contributed by atoms with E-state index in [1.165, 1.54) is 24.0 Å². The summed E-state index contributed by atoms with van der Waals surface area (Å²) in [5, 5.41) is 8.27. The Balaban J connectivity index is 0.00000225. The number of halogens is 3. The van der Waals surface area contributed by atoms with Crippen LogP contribution in [0.15, 0.2) is 42.5 Å². The number of nitrogens with one attached hydrogen (secondary N) is 2. The molecule has 2 N–H and O–H groups in total. The van der Waals surface area contributed by atoms with Crippen LogP contribution in [-0.4, -0.2) is 33.9 Å². The van der Waals surface area contributed by atoms with Crippen LogP contribution in [-0.2, 0) is 12.0 Å². The van der Waals surface area contributed by atoms with E-state index in [0.29, 0.717) is 6.04 Å². The number of hydrogen-bond acceptors (Lipinski definition) is 4. The smallest absolute Gasteiger partial charge is 0.160 e. The molecule has 0 unspecified atom stereocenters. The summed E-state index contributed by atoms with van der Waals surface area (Å²) in [7, 11) is 5.39. The van der Waals surface area contributed by atoms with E-state index in [-0.39, 0.29) is 30.4 Å². The third-order valence-corrected chi connectivity index (χ3v) is 6.29. The molecule has 7 heteroatoms. The molecule has 168 valence electrons. The van der Waals surface area contributed by atoms with E-state index in [1.807, 2.05) is 18.2 Å². The zero-order valence-corrected chi connectivity index (χ0v) is 20.3. The van der Waals surface area contributed by atoms with Crippen molar-refractivity contribution < 1.29 is 9.47 Å². The van der Waals surface area contributed by atoms with E-state index in [1.54, 1.807) is 14.2 Å². The number of benzene rings is 2. The summed E-state index contributed by atoms with van der Waals surface area (Å²) in [6.07, 6.45) is 5.60. The average molecular weight is 476 g/mol. The SMILES string of the molecule is CN[C@]1(c2ccccc2Cl)CCCC[C@H]1NCCc1ccc(OC)c(OC)c1.Cl.Cl. The van der Waals surface area contributed by atoms with Crippen molar-refractivity contribution in [3.05, 3.63) is 58.6 Å². The highest BCUT2D eigenvalue weighted by Gasteiger charge is 2.41. The predicted molar refractivity (Wildman–Crippen MR) is 130 cm³/mol. The highest BCUT2D eigenvalue weighted by Crippen LogP contribution is 2.40. The third-order valence-electron chi connectivity index (χ3n) is 5.96. The lowest BCUT2D eigenvalue weighted by molar-refractivity contribution is 0.179. The Hall–Kier alpha value is -1.17. The Morgan fingerprint density at radius 3 is 2.43 bits per heavy atom. The monoisotopic (exact) mass is 474 g/mol. The Morgan fingerprint density at radius 2 is 1.77 bits per heavy atom. The predicted octanol–water partition coefficient (Wildman–Crippen LogP) is 5.39. The highest BCUT2D eigenvalue weighted by molar-refractivity contribution is 6.31. The van der Waals surface area contributed by atoms with Gasteiger partial charge < -0.3 is 20.1 Å². The fourth-order valence-corrected chi connectivity index (χ4v) is 4.76. The third kappa shape index (κ3) is 5.74. The molecule has 0 aromatic heterocycles. The fraction of sp³-hybridized carbons (Fsp3) is 0.478. The van der Waals surface area contributed by atoms with E-state index in [9.17, 15) is 0 Å².